The Bertz CT molecular complexity index is 419. The summed E-state index contributed by atoms with van der Waals surface area (Å²) < 4.78 is 2.08. The number of hydrogen-bond acceptors (Lipinski definition) is 4. The molecule has 0 N–H and O–H groups in total. The van der Waals surface area contributed by atoms with Gasteiger partial charge >= 0.3 is 0 Å². The highest BCUT2D eigenvalue weighted by molar-refractivity contribution is 4.93. The van der Waals surface area contributed by atoms with Crippen molar-refractivity contribution in [1.29, 1.82) is 5.26 Å². The molecule has 0 radical (unpaired) electrons. The van der Waals surface area contributed by atoms with E-state index in [1.165, 1.54) is 0 Å². The average Bonchev–Trinajstić information content (AvgIpc) is 2.75. The Hall–Kier alpha value is -1.38. The van der Waals surface area contributed by atoms with Crippen LogP contribution in [0, 0.1) is 11.3 Å². The second kappa shape index (κ2) is 5.98. The predicted octanol–water partition coefficient (Wildman–Crippen LogP) is 0.840. The van der Waals surface area contributed by atoms with E-state index in [0.717, 1.165) is 38.5 Å². The van der Waals surface area contributed by atoms with Crippen molar-refractivity contribution in [3.05, 3.63) is 18.2 Å². The summed E-state index contributed by atoms with van der Waals surface area (Å²) in [4.78, 5) is 9.22. The average molecular weight is 247 g/mol. The summed E-state index contributed by atoms with van der Waals surface area (Å²) in [5.74, 6) is 1.12. The highest BCUT2D eigenvalue weighted by Crippen LogP contribution is 2.12. The lowest BCUT2D eigenvalue weighted by molar-refractivity contribution is 0.0764. The van der Waals surface area contributed by atoms with E-state index in [2.05, 4.69) is 32.3 Å². The van der Waals surface area contributed by atoms with E-state index in [1.807, 2.05) is 19.4 Å². The molecule has 5 heteroatoms. The number of piperazine rings is 1. The highest BCUT2D eigenvalue weighted by Gasteiger charge is 2.24. The van der Waals surface area contributed by atoms with Crippen LogP contribution in [0.2, 0.25) is 0 Å². The van der Waals surface area contributed by atoms with Crippen molar-refractivity contribution in [3.63, 3.8) is 0 Å². The van der Waals surface area contributed by atoms with Gasteiger partial charge in [0, 0.05) is 58.1 Å². The second-order valence-electron chi connectivity index (χ2n) is 4.98. The zero-order valence-electron chi connectivity index (χ0n) is 11.2. The maximum atomic E-state index is 8.62. The molecule has 0 aliphatic carbocycles. The summed E-state index contributed by atoms with van der Waals surface area (Å²) in [6, 6.07) is 2.74. The minimum absolute atomic E-state index is 0.522. The molecular formula is C13H21N5. The van der Waals surface area contributed by atoms with Crippen LogP contribution in [0.3, 0.4) is 0 Å². The molecule has 0 amide bonds. The minimum atomic E-state index is 0.522. The maximum absolute atomic E-state index is 8.62. The summed E-state index contributed by atoms with van der Waals surface area (Å²) in [5.41, 5.74) is 0. The van der Waals surface area contributed by atoms with E-state index in [9.17, 15) is 0 Å². The molecule has 1 saturated heterocycles. The quantitative estimate of drug-likeness (QED) is 0.791. The van der Waals surface area contributed by atoms with Crippen LogP contribution >= 0.6 is 0 Å². The summed E-state index contributed by atoms with van der Waals surface area (Å²) in [6.45, 7) is 7.22. The van der Waals surface area contributed by atoms with Gasteiger partial charge in [0.05, 0.1) is 12.6 Å². The first-order valence-electron chi connectivity index (χ1n) is 6.50. The minimum Gasteiger partial charge on any atom is -0.337 e. The fourth-order valence-corrected chi connectivity index (χ4v) is 2.45. The lowest BCUT2D eigenvalue weighted by Gasteiger charge is -2.39. The molecule has 0 spiro atoms. The zero-order valence-corrected chi connectivity index (χ0v) is 11.2. The standard InChI is InChI=1S/C13H21N5/c1-12-10-17(6-3-4-14)8-9-18(12)11-13-15-5-7-16(13)2/h5,7,12H,3,6,8-11H2,1-2H3. The molecule has 18 heavy (non-hydrogen) atoms. The molecule has 0 saturated carbocycles. The molecule has 5 nitrogen and oxygen atoms in total. The Labute approximate surface area is 109 Å². The number of nitriles is 1. The van der Waals surface area contributed by atoms with Gasteiger partial charge in [0.1, 0.15) is 5.82 Å². The van der Waals surface area contributed by atoms with Crippen molar-refractivity contribution in [2.45, 2.75) is 25.9 Å². The Morgan fingerprint density at radius 2 is 2.33 bits per heavy atom. The van der Waals surface area contributed by atoms with Crippen LogP contribution < -0.4 is 0 Å². The lowest BCUT2D eigenvalue weighted by atomic mass is 10.2. The van der Waals surface area contributed by atoms with Gasteiger partial charge in [-0.05, 0) is 6.92 Å². The van der Waals surface area contributed by atoms with Gasteiger partial charge in [0.15, 0.2) is 0 Å². The largest absolute Gasteiger partial charge is 0.337 e. The van der Waals surface area contributed by atoms with Crippen molar-refractivity contribution in [3.8, 4) is 6.07 Å². The van der Waals surface area contributed by atoms with E-state index in [4.69, 9.17) is 5.26 Å². The zero-order chi connectivity index (χ0) is 13.0. The first kappa shape index (κ1) is 13.1. The molecule has 1 aliphatic rings. The monoisotopic (exact) mass is 247 g/mol. The Morgan fingerprint density at radius 3 is 2.94 bits per heavy atom. The summed E-state index contributed by atoms with van der Waals surface area (Å²) >= 11 is 0. The normalized spacial score (nSPS) is 21.9. The van der Waals surface area contributed by atoms with Gasteiger partial charge in [0.25, 0.3) is 0 Å². The van der Waals surface area contributed by atoms with Gasteiger partial charge < -0.3 is 4.57 Å². The van der Waals surface area contributed by atoms with Gasteiger partial charge in [0.2, 0.25) is 0 Å². The fraction of sp³-hybridized carbons (Fsp3) is 0.692. The molecule has 1 atom stereocenters. The number of hydrogen-bond donors (Lipinski definition) is 0. The molecule has 1 aromatic rings. The van der Waals surface area contributed by atoms with Gasteiger partial charge in [-0.2, -0.15) is 5.26 Å². The van der Waals surface area contributed by atoms with E-state index in [-0.39, 0.29) is 0 Å². The van der Waals surface area contributed by atoms with Gasteiger partial charge in [-0.15, -0.1) is 0 Å². The van der Waals surface area contributed by atoms with Crippen molar-refractivity contribution in [1.82, 2.24) is 19.4 Å². The van der Waals surface area contributed by atoms with Crippen molar-refractivity contribution >= 4 is 0 Å². The topological polar surface area (TPSA) is 48.1 Å². The molecule has 98 valence electrons. The van der Waals surface area contributed by atoms with Crippen LogP contribution in [-0.2, 0) is 13.6 Å². The van der Waals surface area contributed by atoms with E-state index < -0.39 is 0 Å². The molecule has 0 aromatic carbocycles. The first-order valence-corrected chi connectivity index (χ1v) is 6.50. The lowest BCUT2D eigenvalue weighted by Crippen LogP contribution is -2.51. The third kappa shape index (κ3) is 3.09. The number of nitrogens with zero attached hydrogens (tertiary/aromatic N) is 5. The molecule has 0 bridgehead atoms. The summed E-state index contributed by atoms with van der Waals surface area (Å²) in [6.07, 6.45) is 4.47. The van der Waals surface area contributed by atoms with E-state index in [0.29, 0.717) is 12.5 Å². The number of aryl methyl sites for hydroxylation is 1. The van der Waals surface area contributed by atoms with Crippen LogP contribution in [0.15, 0.2) is 12.4 Å². The van der Waals surface area contributed by atoms with Crippen molar-refractivity contribution < 1.29 is 0 Å². The van der Waals surface area contributed by atoms with Crippen LogP contribution in [-0.4, -0.2) is 51.6 Å². The van der Waals surface area contributed by atoms with Gasteiger partial charge in [-0.3, -0.25) is 9.80 Å². The molecule has 1 aromatic heterocycles. The summed E-state index contributed by atoms with van der Waals surface area (Å²) in [5, 5.41) is 8.62. The maximum Gasteiger partial charge on any atom is 0.122 e. The van der Waals surface area contributed by atoms with Gasteiger partial charge in [-0.1, -0.05) is 0 Å². The predicted molar refractivity (Wildman–Crippen MR) is 69.8 cm³/mol. The Morgan fingerprint density at radius 1 is 1.50 bits per heavy atom. The van der Waals surface area contributed by atoms with E-state index >= 15 is 0 Å². The molecule has 2 rings (SSSR count). The smallest absolute Gasteiger partial charge is 0.122 e. The number of rotatable bonds is 4. The van der Waals surface area contributed by atoms with Crippen molar-refractivity contribution in [2.75, 3.05) is 26.2 Å². The van der Waals surface area contributed by atoms with Crippen molar-refractivity contribution in [2.24, 2.45) is 7.05 Å². The highest BCUT2D eigenvalue weighted by atomic mass is 15.3. The van der Waals surface area contributed by atoms with Gasteiger partial charge in [-0.25, -0.2) is 4.98 Å². The second-order valence-corrected chi connectivity index (χ2v) is 4.98. The van der Waals surface area contributed by atoms with Crippen LogP contribution in [0.4, 0.5) is 0 Å². The molecule has 1 fully saturated rings. The summed E-state index contributed by atoms with van der Waals surface area (Å²) in [7, 11) is 2.04. The Balaban J connectivity index is 1.86. The van der Waals surface area contributed by atoms with Crippen LogP contribution in [0.25, 0.3) is 0 Å². The van der Waals surface area contributed by atoms with Crippen LogP contribution in [0.1, 0.15) is 19.2 Å². The first-order chi connectivity index (χ1) is 8.70. The van der Waals surface area contributed by atoms with Crippen LogP contribution in [0.5, 0.6) is 0 Å². The van der Waals surface area contributed by atoms with E-state index in [1.54, 1.807) is 0 Å². The third-order valence-corrected chi connectivity index (χ3v) is 3.65. The third-order valence-electron chi connectivity index (χ3n) is 3.65. The molecule has 1 aliphatic heterocycles. The molecule has 1 unspecified atom stereocenters. The molecular weight excluding hydrogens is 226 g/mol. The Kier molecular flexibility index (Phi) is 4.34. The fourth-order valence-electron chi connectivity index (χ4n) is 2.45. The number of aromatic nitrogens is 2. The molecule has 2 heterocycles. The SMILES string of the molecule is CC1CN(CCC#N)CCN1Cc1nccn1C. The number of imidazole rings is 1.